The van der Waals surface area contributed by atoms with Crippen LogP contribution in [0.4, 0.5) is 5.69 Å². The van der Waals surface area contributed by atoms with Crippen molar-refractivity contribution in [3.05, 3.63) is 29.8 Å². The van der Waals surface area contributed by atoms with Crippen LogP contribution in [0.3, 0.4) is 0 Å². The maximum absolute atomic E-state index is 9.17. The highest BCUT2D eigenvalue weighted by Gasteiger charge is 2.15. The van der Waals surface area contributed by atoms with Crippen molar-refractivity contribution in [2.75, 3.05) is 11.9 Å². The largest absolute Gasteiger partial charge is 0.394 e. The van der Waals surface area contributed by atoms with Gasteiger partial charge in [-0.1, -0.05) is 26.0 Å². The normalized spacial score (nSPS) is 13.6. The molecule has 0 spiro atoms. The van der Waals surface area contributed by atoms with Crippen molar-refractivity contribution in [2.24, 2.45) is 0 Å². The second-order valence-corrected chi connectivity index (χ2v) is 5.10. The highest BCUT2D eigenvalue weighted by Crippen LogP contribution is 2.22. The minimum Gasteiger partial charge on any atom is -0.394 e. The molecular weight excluding hydrogens is 198 g/mol. The molecule has 0 saturated carbocycles. The zero-order valence-electron chi connectivity index (χ0n) is 10.7. The Bertz CT molecular complexity index is 316. The van der Waals surface area contributed by atoms with Crippen LogP contribution in [0.25, 0.3) is 0 Å². The highest BCUT2D eigenvalue weighted by atomic mass is 16.3. The van der Waals surface area contributed by atoms with Crippen molar-refractivity contribution < 1.29 is 5.11 Å². The van der Waals surface area contributed by atoms with E-state index in [4.69, 9.17) is 0 Å². The van der Waals surface area contributed by atoms with Crippen LogP contribution >= 0.6 is 0 Å². The lowest BCUT2D eigenvalue weighted by atomic mass is 9.98. The maximum Gasteiger partial charge on any atom is 0.0656 e. The molecule has 0 saturated heterocycles. The van der Waals surface area contributed by atoms with E-state index in [2.05, 4.69) is 43.4 Å². The number of aliphatic hydroxyl groups excluding tert-OH is 1. The quantitative estimate of drug-likeness (QED) is 0.799. The van der Waals surface area contributed by atoms with Crippen LogP contribution in [-0.4, -0.2) is 17.3 Å². The first-order chi connectivity index (χ1) is 7.48. The molecule has 0 amide bonds. The van der Waals surface area contributed by atoms with Gasteiger partial charge in [0.25, 0.3) is 0 Å². The average Bonchev–Trinajstić information content (AvgIpc) is 2.28. The molecule has 0 fully saturated rings. The van der Waals surface area contributed by atoms with Gasteiger partial charge in [0.1, 0.15) is 0 Å². The molecule has 1 rings (SSSR count). The van der Waals surface area contributed by atoms with E-state index >= 15 is 0 Å². The molecule has 0 aromatic heterocycles. The van der Waals surface area contributed by atoms with E-state index in [1.54, 1.807) is 0 Å². The SMILES string of the molecule is CCC(C)c1ccc(NC(C)(C)CO)cc1. The van der Waals surface area contributed by atoms with Crippen molar-refractivity contribution in [1.82, 2.24) is 0 Å². The standard InChI is InChI=1S/C14H23NO/c1-5-11(2)12-6-8-13(9-7-12)15-14(3,4)10-16/h6-9,11,15-16H,5,10H2,1-4H3. The molecule has 1 atom stereocenters. The van der Waals surface area contributed by atoms with E-state index in [-0.39, 0.29) is 12.1 Å². The molecule has 1 aromatic carbocycles. The van der Waals surface area contributed by atoms with Crippen LogP contribution in [0.15, 0.2) is 24.3 Å². The summed E-state index contributed by atoms with van der Waals surface area (Å²) < 4.78 is 0. The van der Waals surface area contributed by atoms with E-state index in [0.29, 0.717) is 5.92 Å². The smallest absolute Gasteiger partial charge is 0.0656 e. The molecule has 0 bridgehead atoms. The molecule has 0 aliphatic carbocycles. The van der Waals surface area contributed by atoms with Gasteiger partial charge in [0.2, 0.25) is 0 Å². The number of hydrogen-bond donors (Lipinski definition) is 2. The Hall–Kier alpha value is -1.02. The molecule has 0 aliphatic rings. The molecule has 0 heterocycles. The van der Waals surface area contributed by atoms with Crippen molar-refractivity contribution in [1.29, 1.82) is 0 Å². The Balaban J connectivity index is 2.72. The summed E-state index contributed by atoms with van der Waals surface area (Å²) in [4.78, 5) is 0. The number of aliphatic hydroxyl groups is 1. The Labute approximate surface area is 98.7 Å². The molecule has 2 nitrogen and oxygen atoms in total. The van der Waals surface area contributed by atoms with Gasteiger partial charge in [-0.15, -0.1) is 0 Å². The van der Waals surface area contributed by atoms with Crippen LogP contribution in [0.1, 0.15) is 45.6 Å². The topological polar surface area (TPSA) is 32.3 Å². The fraction of sp³-hybridized carbons (Fsp3) is 0.571. The lowest BCUT2D eigenvalue weighted by Crippen LogP contribution is -2.34. The third-order valence-corrected chi connectivity index (χ3v) is 2.97. The molecular formula is C14H23NO. The van der Waals surface area contributed by atoms with E-state index < -0.39 is 0 Å². The maximum atomic E-state index is 9.17. The van der Waals surface area contributed by atoms with Gasteiger partial charge in [-0.05, 0) is 43.9 Å². The first-order valence-corrected chi connectivity index (χ1v) is 5.97. The second-order valence-electron chi connectivity index (χ2n) is 5.10. The number of nitrogens with one attached hydrogen (secondary N) is 1. The summed E-state index contributed by atoms with van der Waals surface area (Å²) in [5, 5.41) is 12.5. The summed E-state index contributed by atoms with van der Waals surface area (Å²) in [5.41, 5.74) is 2.17. The van der Waals surface area contributed by atoms with Gasteiger partial charge in [0.05, 0.1) is 12.1 Å². The zero-order valence-corrected chi connectivity index (χ0v) is 10.7. The highest BCUT2D eigenvalue weighted by molar-refractivity contribution is 5.47. The number of hydrogen-bond acceptors (Lipinski definition) is 2. The summed E-state index contributed by atoms with van der Waals surface area (Å²) >= 11 is 0. The minimum atomic E-state index is -0.266. The van der Waals surface area contributed by atoms with Crippen molar-refractivity contribution in [2.45, 2.75) is 45.6 Å². The van der Waals surface area contributed by atoms with Gasteiger partial charge in [0.15, 0.2) is 0 Å². The Kier molecular flexibility index (Phi) is 4.36. The number of anilines is 1. The molecule has 2 N–H and O–H groups in total. The third kappa shape index (κ3) is 3.53. The van der Waals surface area contributed by atoms with Crippen LogP contribution < -0.4 is 5.32 Å². The van der Waals surface area contributed by atoms with Crippen LogP contribution in [0.2, 0.25) is 0 Å². The van der Waals surface area contributed by atoms with Crippen molar-refractivity contribution >= 4 is 5.69 Å². The lowest BCUT2D eigenvalue weighted by Gasteiger charge is -2.25. The van der Waals surface area contributed by atoms with Gasteiger partial charge < -0.3 is 10.4 Å². The summed E-state index contributed by atoms with van der Waals surface area (Å²) in [5.74, 6) is 0.611. The second kappa shape index (κ2) is 5.35. The molecule has 16 heavy (non-hydrogen) atoms. The molecule has 2 heteroatoms. The summed E-state index contributed by atoms with van der Waals surface area (Å²) in [6.07, 6.45) is 1.16. The van der Waals surface area contributed by atoms with Crippen molar-refractivity contribution in [3.8, 4) is 0 Å². The van der Waals surface area contributed by atoms with Crippen molar-refractivity contribution in [3.63, 3.8) is 0 Å². The van der Waals surface area contributed by atoms with E-state index in [1.807, 2.05) is 13.8 Å². The predicted octanol–water partition coefficient (Wildman–Crippen LogP) is 3.38. The van der Waals surface area contributed by atoms with Gasteiger partial charge in [-0.25, -0.2) is 0 Å². The average molecular weight is 221 g/mol. The van der Waals surface area contributed by atoms with Crippen LogP contribution in [0, 0.1) is 0 Å². The lowest BCUT2D eigenvalue weighted by molar-refractivity contribution is 0.234. The molecule has 0 aliphatic heterocycles. The Morgan fingerprint density at radius 2 is 1.81 bits per heavy atom. The third-order valence-electron chi connectivity index (χ3n) is 2.97. The monoisotopic (exact) mass is 221 g/mol. The predicted molar refractivity (Wildman–Crippen MR) is 69.9 cm³/mol. The Morgan fingerprint density at radius 1 is 1.25 bits per heavy atom. The molecule has 1 aromatic rings. The molecule has 90 valence electrons. The van der Waals surface area contributed by atoms with E-state index in [9.17, 15) is 5.11 Å². The summed E-state index contributed by atoms with van der Waals surface area (Å²) in [6, 6.07) is 8.48. The molecule has 0 radical (unpaired) electrons. The minimum absolute atomic E-state index is 0.125. The van der Waals surface area contributed by atoms with E-state index in [0.717, 1.165) is 12.1 Å². The molecule has 1 unspecified atom stereocenters. The number of rotatable bonds is 5. The summed E-state index contributed by atoms with van der Waals surface area (Å²) in [6.45, 7) is 8.52. The Morgan fingerprint density at radius 3 is 2.25 bits per heavy atom. The summed E-state index contributed by atoms with van der Waals surface area (Å²) in [7, 11) is 0. The van der Waals surface area contributed by atoms with Gasteiger partial charge >= 0.3 is 0 Å². The number of benzene rings is 1. The zero-order chi connectivity index (χ0) is 12.2. The van der Waals surface area contributed by atoms with Gasteiger partial charge in [-0.3, -0.25) is 0 Å². The first kappa shape index (κ1) is 13.0. The van der Waals surface area contributed by atoms with E-state index in [1.165, 1.54) is 5.56 Å². The first-order valence-electron chi connectivity index (χ1n) is 5.97. The van der Waals surface area contributed by atoms with Crippen LogP contribution in [-0.2, 0) is 0 Å². The van der Waals surface area contributed by atoms with Gasteiger partial charge in [-0.2, -0.15) is 0 Å². The fourth-order valence-electron chi connectivity index (χ4n) is 1.56. The van der Waals surface area contributed by atoms with Gasteiger partial charge in [0, 0.05) is 5.69 Å². The fourth-order valence-corrected chi connectivity index (χ4v) is 1.56. The van der Waals surface area contributed by atoms with Crippen LogP contribution in [0.5, 0.6) is 0 Å².